The normalized spacial score (nSPS) is 16.0. The number of aliphatic hydroxyl groups is 1. The van der Waals surface area contributed by atoms with E-state index in [1.165, 1.54) is 0 Å². The van der Waals surface area contributed by atoms with Crippen molar-refractivity contribution in [2.24, 2.45) is 0 Å². The van der Waals surface area contributed by atoms with Crippen LogP contribution in [0, 0.1) is 0 Å². The first-order valence-corrected chi connectivity index (χ1v) is 8.13. The van der Waals surface area contributed by atoms with Crippen LogP contribution in [0.1, 0.15) is 6.42 Å². The fourth-order valence-corrected chi connectivity index (χ4v) is 2.71. The van der Waals surface area contributed by atoms with E-state index in [2.05, 4.69) is 20.1 Å². The SMILES string of the molecule is CNCCN1CCN(c2ncc(OCCCO)cc2Cl)CC1. The van der Waals surface area contributed by atoms with Gasteiger partial charge in [-0.15, -0.1) is 0 Å². The second kappa shape index (κ2) is 9.15. The Morgan fingerprint density at radius 1 is 1.36 bits per heavy atom. The molecule has 124 valence electrons. The van der Waals surface area contributed by atoms with Gasteiger partial charge in [0.25, 0.3) is 0 Å². The highest BCUT2D eigenvalue weighted by molar-refractivity contribution is 6.33. The van der Waals surface area contributed by atoms with E-state index in [1.54, 1.807) is 12.3 Å². The van der Waals surface area contributed by atoms with Crippen LogP contribution in [0.2, 0.25) is 5.02 Å². The maximum Gasteiger partial charge on any atom is 0.147 e. The molecule has 0 saturated carbocycles. The number of pyridine rings is 1. The topological polar surface area (TPSA) is 60.9 Å². The van der Waals surface area contributed by atoms with E-state index in [1.807, 2.05) is 7.05 Å². The highest BCUT2D eigenvalue weighted by atomic mass is 35.5. The molecule has 1 aliphatic heterocycles. The minimum Gasteiger partial charge on any atom is -0.492 e. The molecule has 0 bridgehead atoms. The fraction of sp³-hybridized carbons (Fsp3) is 0.667. The maximum atomic E-state index is 8.75. The Bertz CT molecular complexity index is 453. The molecule has 1 fully saturated rings. The van der Waals surface area contributed by atoms with Gasteiger partial charge in [-0.05, 0) is 7.05 Å². The van der Waals surface area contributed by atoms with Crippen LogP contribution in [0.25, 0.3) is 0 Å². The van der Waals surface area contributed by atoms with E-state index >= 15 is 0 Å². The second-order valence-corrected chi connectivity index (χ2v) is 5.74. The lowest BCUT2D eigenvalue weighted by Crippen LogP contribution is -2.48. The lowest BCUT2D eigenvalue weighted by atomic mass is 10.3. The Hall–Kier alpha value is -1.08. The number of hydrogen-bond donors (Lipinski definition) is 2. The molecule has 2 rings (SSSR count). The van der Waals surface area contributed by atoms with Crippen LogP contribution < -0.4 is 15.0 Å². The number of nitrogens with one attached hydrogen (secondary N) is 1. The summed E-state index contributed by atoms with van der Waals surface area (Å²) >= 11 is 6.34. The van der Waals surface area contributed by atoms with Crippen LogP contribution in [0.15, 0.2) is 12.3 Å². The molecule has 0 atom stereocenters. The number of rotatable bonds is 8. The van der Waals surface area contributed by atoms with Gasteiger partial charge < -0.3 is 20.1 Å². The average Bonchev–Trinajstić information content (AvgIpc) is 2.54. The van der Waals surface area contributed by atoms with Crippen molar-refractivity contribution in [2.75, 3.05) is 64.4 Å². The lowest BCUT2D eigenvalue weighted by molar-refractivity contribution is 0.233. The first-order chi connectivity index (χ1) is 10.7. The number of piperazine rings is 1. The highest BCUT2D eigenvalue weighted by Crippen LogP contribution is 2.27. The fourth-order valence-electron chi connectivity index (χ4n) is 2.43. The van der Waals surface area contributed by atoms with E-state index in [-0.39, 0.29) is 6.61 Å². The van der Waals surface area contributed by atoms with Crippen LogP contribution in [-0.2, 0) is 0 Å². The lowest BCUT2D eigenvalue weighted by Gasteiger charge is -2.35. The smallest absolute Gasteiger partial charge is 0.147 e. The molecule has 1 aliphatic rings. The Morgan fingerprint density at radius 3 is 2.77 bits per heavy atom. The molecule has 2 N–H and O–H groups in total. The van der Waals surface area contributed by atoms with Gasteiger partial charge in [0.1, 0.15) is 11.6 Å². The summed E-state index contributed by atoms with van der Waals surface area (Å²) in [5.41, 5.74) is 0. The van der Waals surface area contributed by atoms with E-state index in [0.29, 0.717) is 23.8 Å². The molecule has 0 unspecified atom stereocenters. The summed E-state index contributed by atoms with van der Waals surface area (Å²) in [4.78, 5) is 9.10. The third-order valence-electron chi connectivity index (χ3n) is 3.72. The zero-order chi connectivity index (χ0) is 15.8. The van der Waals surface area contributed by atoms with Gasteiger partial charge in [0, 0.05) is 58.4 Å². The van der Waals surface area contributed by atoms with Crippen LogP contribution >= 0.6 is 11.6 Å². The monoisotopic (exact) mass is 328 g/mol. The van der Waals surface area contributed by atoms with Gasteiger partial charge >= 0.3 is 0 Å². The Kier molecular flexibility index (Phi) is 7.18. The minimum atomic E-state index is 0.122. The Balaban J connectivity index is 1.87. The summed E-state index contributed by atoms with van der Waals surface area (Å²) in [6.45, 7) is 6.59. The van der Waals surface area contributed by atoms with E-state index < -0.39 is 0 Å². The number of likely N-dealkylation sites (N-methyl/N-ethyl adjacent to an activating group) is 1. The van der Waals surface area contributed by atoms with Gasteiger partial charge in [-0.3, -0.25) is 4.90 Å². The number of aromatic nitrogens is 1. The largest absolute Gasteiger partial charge is 0.492 e. The summed E-state index contributed by atoms with van der Waals surface area (Å²) in [7, 11) is 1.98. The molecule has 0 radical (unpaired) electrons. The molecular formula is C15H25ClN4O2. The summed E-state index contributed by atoms with van der Waals surface area (Å²) in [5, 5.41) is 12.5. The molecule has 0 amide bonds. The van der Waals surface area contributed by atoms with Crippen LogP contribution in [-0.4, -0.2) is 74.5 Å². The molecule has 7 heteroatoms. The van der Waals surface area contributed by atoms with E-state index in [0.717, 1.165) is 45.1 Å². The zero-order valence-corrected chi connectivity index (χ0v) is 13.8. The third kappa shape index (κ3) is 4.98. The summed E-state index contributed by atoms with van der Waals surface area (Å²) in [6, 6.07) is 1.80. The van der Waals surface area contributed by atoms with Crippen molar-refractivity contribution in [3.8, 4) is 5.75 Å². The van der Waals surface area contributed by atoms with Gasteiger partial charge in [-0.2, -0.15) is 0 Å². The van der Waals surface area contributed by atoms with Crippen LogP contribution in [0.4, 0.5) is 5.82 Å². The van der Waals surface area contributed by atoms with Gasteiger partial charge in [0.2, 0.25) is 0 Å². The van der Waals surface area contributed by atoms with Crippen molar-refractivity contribution in [1.82, 2.24) is 15.2 Å². The molecule has 6 nitrogen and oxygen atoms in total. The molecule has 1 aromatic rings. The van der Waals surface area contributed by atoms with Gasteiger partial charge in [0.15, 0.2) is 0 Å². The minimum absolute atomic E-state index is 0.122. The number of anilines is 1. The predicted molar refractivity (Wildman–Crippen MR) is 89.0 cm³/mol. The van der Waals surface area contributed by atoms with Crippen LogP contribution in [0.3, 0.4) is 0 Å². The van der Waals surface area contributed by atoms with Crippen molar-refractivity contribution in [3.05, 3.63) is 17.3 Å². The summed E-state index contributed by atoms with van der Waals surface area (Å²) < 4.78 is 5.49. The van der Waals surface area contributed by atoms with Crippen molar-refractivity contribution in [3.63, 3.8) is 0 Å². The molecular weight excluding hydrogens is 304 g/mol. The molecule has 2 heterocycles. The molecule has 1 saturated heterocycles. The molecule has 22 heavy (non-hydrogen) atoms. The van der Waals surface area contributed by atoms with Crippen molar-refractivity contribution in [2.45, 2.75) is 6.42 Å². The van der Waals surface area contributed by atoms with E-state index in [4.69, 9.17) is 21.4 Å². The Labute approximate surface area is 137 Å². The average molecular weight is 329 g/mol. The number of nitrogens with zero attached hydrogens (tertiary/aromatic N) is 3. The zero-order valence-electron chi connectivity index (χ0n) is 13.1. The standard InChI is InChI=1S/C15H25ClN4O2/c1-17-3-4-19-5-7-20(8-6-19)15-14(16)11-13(12-18-15)22-10-2-9-21/h11-12,17,21H,2-10H2,1H3. The number of ether oxygens (including phenoxy) is 1. The molecule has 0 aliphatic carbocycles. The Morgan fingerprint density at radius 2 is 2.14 bits per heavy atom. The first kappa shape index (κ1) is 17.3. The first-order valence-electron chi connectivity index (χ1n) is 7.75. The highest BCUT2D eigenvalue weighted by Gasteiger charge is 2.19. The quantitative estimate of drug-likeness (QED) is 0.690. The van der Waals surface area contributed by atoms with E-state index in [9.17, 15) is 0 Å². The molecule has 1 aromatic heterocycles. The number of aliphatic hydroxyl groups excluding tert-OH is 1. The van der Waals surface area contributed by atoms with Gasteiger partial charge in [0.05, 0.1) is 17.8 Å². The third-order valence-corrected chi connectivity index (χ3v) is 4.00. The number of halogens is 1. The maximum absolute atomic E-state index is 8.75. The van der Waals surface area contributed by atoms with Crippen molar-refractivity contribution >= 4 is 17.4 Å². The summed E-state index contributed by atoms with van der Waals surface area (Å²) in [5.74, 6) is 1.47. The molecule has 0 aromatic carbocycles. The second-order valence-electron chi connectivity index (χ2n) is 5.33. The predicted octanol–water partition coefficient (Wildman–Crippen LogP) is 0.838. The van der Waals surface area contributed by atoms with Crippen LogP contribution in [0.5, 0.6) is 5.75 Å². The summed E-state index contributed by atoms with van der Waals surface area (Å²) in [6.07, 6.45) is 2.31. The number of hydrogen-bond acceptors (Lipinski definition) is 6. The molecule has 0 spiro atoms. The van der Waals surface area contributed by atoms with Gasteiger partial charge in [-0.1, -0.05) is 11.6 Å². The van der Waals surface area contributed by atoms with Crippen molar-refractivity contribution < 1.29 is 9.84 Å². The van der Waals surface area contributed by atoms with Gasteiger partial charge in [-0.25, -0.2) is 4.98 Å². The van der Waals surface area contributed by atoms with Crippen molar-refractivity contribution in [1.29, 1.82) is 0 Å².